The van der Waals surface area contributed by atoms with E-state index in [9.17, 15) is 23.4 Å². The molecule has 3 atom stereocenters. The fraction of sp³-hybridized carbons (Fsp3) is 1.00. The third-order valence-corrected chi connectivity index (χ3v) is 4.27. The molecule has 0 amide bonds. The Morgan fingerprint density at radius 1 is 0.652 bits per heavy atom. The molecule has 0 saturated heterocycles. The predicted molar refractivity (Wildman–Crippen MR) is 88.6 cm³/mol. The van der Waals surface area contributed by atoms with Crippen LogP contribution in [0.25, 0.3) is 0 Å². The summed E-state index contributed by atoms with van der Waals surface area (Å²) >= 11 is 0. The third kappa shape index (κ3) is 16.4. The summed E-state index contributed by atoms with van der Waals surface area (Å²) in [4.78, 5) is 0. The van der Waals surface area contributed by atoms with E-state index in [0.717, 1.165) is 38.5 Å². The van der Waals surface area contributed by atoms with Crippen molar-refractivity contribution >= 4 is 0 Å². The zero-order valence-electron chi connectivity index (χ0n) is 14.5. The van der Waals surface area contributed by atoms with Crippen LogP contribution in [0.3, 0.4) is 0 Å². The van der Waals surface area contributed by atoms with Crippen molar-refractivity contribution in [3.63, 3.8) is 0 Å². The highest BCUT2D eigenvalue weighted by Gasteiger charge is 2.13. The Morgan fingerprint density at radius 3 is 1.70 bits per heavy atom. The SMILES string of the molecule is CCC(O)CC(O)CCC(F)CCCCCCCCCC(F)F. The lowest BCUT2D eigenvalue weighted by Crippen LogP contribution is -2.18. The molecule has 0 aromatic rings. The van der Waals surface area contributed by atoms with Crippen LogP contribution in [-0.2, 0) is 0 Å². The monoisotopic (exact) mass is 340 g/mol. The van der Waals surface area contributed by atoms with Crippen LogP contribution in [0.4, 0.5) is 13.2 Å². The van der Waals surface area contributed by atoms with Crippen molar-refractivity contribution < 1.29 is 23.4 Å². The second-order valence-electron chi connectivity index (χ2n) is 6.57. The van der Waals surface area contributed by atoms with Crippen LogP contribution in [-0.4, -0.2) is 35.0 Å². The maximum Gasteiger partial charge on any atom is 0.238 e. The topological polar surface area (TPSA) is 40.5 Å². The fourth-order valence-corrected chi connectivity index (χ4v) is 2.66. The van der Waals surface area contributed by atoms with Gasteiger partial charge in [0, 0.05) is 6.42 Å². The van der Waals surface area contributed by atoms with Crippen LogP contribution >= 0.6 is 0 Å². The summed E-state index contributed by atoms with van der Waals surface area (Å²) in [5, 5.41) is 19.1. The average Bonchev–Trinajstić information content (AvgIpc) is 2.50. The minimum atomic E-state index is -2.18. The van der Waals surface area contributed by atoms with Gasteiger partial charge in [-0.05, 0) is 38.5 Å². The van der Waals surface area contributed by atoms with Gasteiger partial charge in [-0.3, -0.25) is 0 Å². The molecule has 23 heavy (non-hydrogen) atoms. The zero-order valence-corrected chi connectivity index (χ0v) is 14.5. The Balaban J connectivity index is 3.35. The number of aliphatic hydroxyl groups is 2. The summed E-state index contributed by atoms with van der Waals surface area (Å²) in [5.74, 6) is 0. The molecule has 0 aromatic heterocycles. The lowest BCUT2D eigenvalue weighted by atomic mass is 10.0. The number of hydrogen-bond donors (Lipinski definition) is 2. The van der Waals surface area contributed by atoms with Gasteiger partial charge in [-0.1, -0.05) is 45.4 Å². The van der Waals surface area contributed by atoms with Crippen LogP contribution in [0.2, 0.25) is 0 Å². The van der Waals surface area contributed by atoms with E-state index >= 15 is 0 Å². The van der Waals surface area contributed by atoms with Gasteiger partial charge in [-0.2, -0.15) is 0 Å². The van der Waals surface area contributed by atoms with Gasteiger partial charge in [0.05, 0.1) is 12.2 Å². The fourth-order valence-electron chi connectivity index (χ4n) is 2.66. The molecule has 0 aliphatic rings. The van der Waals surface area contributed by atoms with Crippen molar-refractivity contribution in [1.82, 2.24) is 0 Å². The van der Waals surface area contributed by atoms with Gasteiger partial charge in [0.1, 0.15) is 6.17 Å². The average molecular weight is 340 g/mol. The normalized spacial score (nSPS) is 15.8. The highest BCUT2D eigenvalue weighted by molar-refractivity contribution is 4.66. The predicted octanol–water partition coefficient (Wildman–Crippen LogP) is 5.40. The van der Waals surface area contributed by atoms with Gasteiger partial charge in [0.2, 0.25) is 6.43 Å². The maximum absolute atomic E-state index is 13.7. The van der Waals surface area contributed by atoms with Gasteiger partial charge < -0.3 is 10.2 Å². The van der Waals surface area contributed by atoms with Crippen LogP contribution < -0.4 is 0 Å². The lowest BCUT2D eigenvalue weighted by molar-refractivity contribution is 0.0673. The first-order chi connectivity index (χ1) is 11.0. The summed E-state index contributed by atoms with van der Waals surface area (Å²) in [5.41, 5.74) is 0. The molecule has 0 aromatic carbocycles. The maximum atomic E-state index is 13.7. The smallest absolute Gasteiger partial charge is 0.238 e. The van der Waals surface area contributed by atoms with Gasteiger partial charge in [0.15, 0.2) is 0 Å². The first-order valence-corrected chi connectivity index (χ1v) is 9.24. The molecule has 0 saturated carbocycles. The van der Waals surface area contributed by atoms with Crippen molar-refractivity contribution in [3.8, 4) is 0 Å². The van der Waals surface area contributed by atoms with Crippen LogP contribution in [0.15, 0.2) is 0 Å². The molecule has 0 radical (unpaired) electrons. The van der Waals surface area contributed by atoms with Crippen molar-refractivity contribution in [2.24, 2.45) is 0 Å². The summed E-state index contributed by atoms with van der Waals surface area (Å²) in [6, 6.07) is 0. The van der Waals surface area contributed by atoms with Crippen molar-refractivity contribution in [1.29, 1.82) is 0 Å². The molecule has 0 heterocycles. The minimum absolute atomic E-state index is 0.00463. The van der Waals surface area contributed by atoms with E-state index in [1.165, 1.54) is 0 Å². The number of alkyl halides is 3. The number of rotatable bonds is 16. The van der Waals surface area contributed by atoms with E-state index < -0.39 is 24.8 Å². The molecule has 0 aliphatic carbocycles. The van der Waals surface area contributed by atoms with E-state index in [-0.39, 0.29) is 6.42 Å². The van der Waals surface area contributed by atoms with Crippen LogP contribution in [0, 0.1) is 0 Å². The van der Waals surface area contributed by atoms with Gasteiger partial charge in [-0.15, -0.1) is 0 Å². The lowest BCUT2D eigenvalue weighted by Gasteiger charge is -2.15. The van der Waals surface area contributed by atoms with Crippen LogP contribution in [0.5, 0.6) is 0 Å². The summed E-state index contributed by atoms with van der Waals surface area (Å²) in [6.07, 6.45) is 4.38. The van der Waals surface area contributed by atoms with Crippen LogP contribution in [0.1, 0.15) is 90.4 Å². The van der Waals surface area contributed by atoms with Crippen molar-refractivity contribution in [3.05, 3.63) is 0 Å². The molecule has 140 valence electrons. The van der Waals surface area contributed by atoms with Gasteiger partial charge >= 0.3 is 0 Å². The molecular formula is C18H35F3O2. The highest BCUT2D eigenvalue weighted by Crippen LogP contribution is 2.17. The minimum Gasteiger partial charge on any atom is -0.393 e. The van der Waals surface area contributed by atoms with E-state index in [4.69, 9.17) is 0 Å². The first kappa shape index (κ1) is 22.7. The zero-order chi connectivity index (χ0) is 17.5. The summed E-state index contributed by atoms with van der Waals surface area (Å²) in [7, 11) is 0. The second-order valence-corrected chi connectivity index (χ2v) is 6.57. The summed E-state index contributed by atoms with van der Waals surface area (Å²) < 4.78 is 37.5. The van der Waals surface area contributed by atoms with Crippen molar-refractivity contribution in [2.45, 2.75) is 115 Å². The standard InChI is InChI=1S/C18H35F3O2/c1-2-16(22)14-17(23)13-12-15(19)10-8-6-4-3-5-7-9-11-18(20)21/h15-18,22-23H,2-14H2,1H3. The first-order valence-electron chi connectivity index (χ1n) is 9.24. The van der Waals surface area contributed by atoms with E-state index in [0.29, 0.717) is 38.5 Å². The molecular weight excluding hydrogens is 305 g/mol. The molecule has 0 spiro atoms. The molecule has 3 unspecified atom stereocenters. The third-order valence-electron chi connectivity index (χ3n) is 4.27. The molecule has 2 N–H and O–H groups in total. The molecule has 5 heteroatoms. The Labute approximate surface area is 139 Å². The van der Waals surface area contributed by atoms with Crippen molar-refractivity contribution in [2.75, 3.05) is 0 Å². The van der Waals surface area contributed by atoms with E-state index in [1.54, 1.807) is 0 Å². The van der Waals surface area contributed by atoms with E-state index in [2.05, 4.69) is 0 Å². The van der Waals surface area contributed by atoms with E-state index in [1.807, 2.05) is 6.92 Å². The van der Waals surface area contributed by atoms with Gasteiger partial charge in [0.25, 0.3) is 0 Å². The largest absolute Gasteiger partial charge is 0.393 e. The number of hydrogen-bond acceptors (Lipinski definition) is 2. The molecule has 2 nitrogen and oxygen atoms in total. The quantitative estimate of drug-likeness (QED) is 0.369. The highest BCUT2D eigenvalue weighted by atomic mass is 19.3. The molecule has 0 aliphatic heterocycles. The number of aliphatic hydroxyl groups excluding tert-OH is 2. The van der Waals surface area contributed by atoms with Gasteiger partial charge in [-0.25, -0.2) is 13.2 Å². The molecule has 0 rings (SSSR count). The molecule has 0 fully saturated rings. The Kier molecular flexibility index (Phi) is 15.1. The molecule has 0 bridgehead atoms. The summed E-state index contributed by atoms with van der Waals surface area (Å²) in [6.45, 7) is 1.86. The Morgan fingerprint density at radius 2 is 1.17 bits per heavy atom. The number of halogens is 3. The Bertz CT molecular complexity index is 252. The Hall–Kier alpha value is -0.290. The number of unbranched alkanes of at least 4 members (excludes halogenated alkanes) is 6. The second kappa shape index (κ2) is 15.3.